The molecule has 2 aromatic carbocycles. The maximum absolute atomic E-state index is 12.8. The van der Waals surface area contributed by atoms with Gasteiger partial charge in [-0.05, 0) is 38.1 Å². The molecule has 9 nitrogen and oxygen atoms in total. The van der Waals surface area contributed by atoms with Crippen molar-refractivity contribution in [2.24, 2.45) is 7.05 Å². The molecule has 166 valence electrons. The number of halogens is 1. The number of anilines is 1. The summed E-state index contributed by atoms with van der Waals surface area (Å²) < 4.78 is 13.7. The molecule has 4 rings (SSSR count). The minimum atomic E-state index is -0.445. The van der Waals surface area contributed by atoms with Crippen LogP contribution in [-0.4, -0.2) is 32.3 Å². The Morgan fingerprint density at radius 1 is 1.31 bits per heavy atom. The van der Waals surface area contributed by atoms with Crippen molar-refractivity contribution in [2.75, 3.05) is 5.32 Å². The summed E-state index contributed by atoms with van der Waals surface area (Å²) in [6.07, 6.45) is 2.34. The quantitative estimate of drug-likeness (QED) is 0.260. The largest absolute Gasteiger partial charge is 0.487 e. The smallest absolute Gasteiger partial charge is 0.257 e. The lowest BCUT2D eigenvalue weighted by Crippen LogP contribution is -2.24. The van der Waals surface area contributed by atoms with Gasteiger partial charge in [-0.1, -0.05) is 11.6 Å². The van der Waals surface area contributed by atoms with E-state index in [4.69, 9.17) is 31.7 Å². The molecule has 0 spiro atoms. The van der Waals surface area contributed by atoms with Gasteiger partial charge in [0.1, 0.15) is 22.8 Å². The van der Waals surface area contributed by atoms with Gasteiger partial charge in [0.05, 0.1) is 5.02 Å². The van der Waals surface area contributed by atoms with Crippen LogP contribution in [-0.2, 0) is 13.5 Å². The Balaban J connectivity index is 1.67. The van der Waals surface area contributed by atoms with Crippen LogP contribution in [0.2, 0.25) is 5.02 Å². The molecule has 3 aromatic rings. The van der Waals surface area contributed by atoms with Gasteiger partial charge in [-0.15, -0.1) is 0 Å². The van der Waals surface area contributed by atoms with Crippen LogP contribution in [0.1, 0.15) is 35.3 Å². The number of aryl methyl sites for hydroxylation is 1. The minimum absolute atomic E-state index is 0.228. The number of nitrogens with one attached hydrogen (secondary N) is 3. The molecule has 1 amide bonds. The Hall–Kier alpha value is -3.56. The van der Waals surface area contributed by atoms with Crippen LogP contribution in [0.5, 0.6) is 17.2 Å². The van der Waals surface area contributed by atoms with E-state index in [9.17, 15) is 4.79 Å². The second-order valence-corrected chi connectivity index (χ2v) is 8.46. The summed E-state index contributed by atoms with van der Waals surface area (Å²) >= 11 is 6.24. The van der Waals surface area contributed by atoms with E-state index >= 15 is 0 Å². The number of amidine groups is 1. The molecule has 0 bridgehead atoms. The Bertz CT molecular complexity index is 1220. The number of hydroxylamine groups is 1. The van der Waals surface area contributed by atoms with E-state index in [1.165, 1.54) is 6.07 Å². The highest BCUT2D eigenvalue weighted by Gasteiger charge is 2.34. The number of rotatable bonds is 5. The molecule has 1 aliphatic rings. The molecule has 4 N–H and O–H groups in total. The fourth-order valence-corrected chi connectivity index (χ4v) is 3.75. The van der Waals surface area contributed by atoms with Gasteiger partial charge in [0.2, 0.25) is 0 Å². The number of hydrogen-bond acceptors (Lipinski definition) is 6. The number of carbonyl (C=O) groups is 1. The SMILES string of the molecule is Cn1ccc(NC(=O)c2cc(Oc3ccc(C(=N)NO)c(Cl)c3)c3c(c2)OC(C)(C)C3)n1. The number of fused-ring (bicyclic) bond motifs is 1. The summed E-state index contributed by atoms with van der Waals surface area (Å²) in [5.74, 6) is 1.32. The average Bonchev–Trinajstić information content (AvgIpc) is 3.28. The van der Waals surface area contributed by atoms with Crippen molar-refractivity contribution in [3.05, 3.63) is 64.3 Å². The number of carbonyl (C=O) groups excluding carboxylic acids is 1. The second-order valence-electron chi connectivity index (χ2n) is 8.05. The van der Waals surface area contributed by atoms with Gasteiger partial charge in [0.15, 0.2) is 11.7 Å². The standard InChI is InChI=1S/C22H22ClN5O4/c1-22(2)11-15-17(31-13-4-5-14(16(23)10-13)20(24)27-30)8-12(9-18(15)32-22)21(29)25-19-6-7-28(3)26-19/h4-10,30H,11H2,1-3H3,(H2,24,27)(H,25,26,29). The van der Waals surface area contributed by atoms with Gasteiger partial charge in [-0.3, -0.25) is 25.6 Å². The molecule has 1 aromatic heterocycles. The first-order valence-corrected chi connectivity index (χ1v) is 10.2. The number of benzene rings is 2. The lowest BCUT2D eigenvalue weighted by atomic mass is 9.99. The summed E-state index contributed by atoms with van der Waals surface area (Å²) in [7, 11) is 1.77. The molecule has 0 fully saturated rings. The molecule has 32 heavy (non-hydrogen) atoms. The summed E-state index contributed by atoms with van der Waals surface area (Å²) in [6, 6.07) is 9.77. The van der Waals surface area contributed by atoms with Gasteiger partial charge in [0, 0.05) is 48.5 Å². The Kier molecular flexibility index (Phi) is 5.53. The first-order valence-electron chi connectivity index (χ1n) is 9.78. The van der Waals surface area contributed by atoms with Crippen LogP contribution in [0.3, 0.4) is 0 Å². The third-order valence-corrected chi connectivity index (χ3v) is 5.24. The number of amides is 1. The van der Waals surface area contributed by atoms with Crippen LogP contribution in [0.4, 0.5) is 5.82 Å². The van der Waals surface area contributed by atoms with E-state index in [2.05, 4.69) is 10.4 Å². The van der Waals surface area contributed by atoms with E-state index in [1.54, 1.807) is 53.7 Å². The number of nitrogens with zero attached hydrogens (tertiary/aromatic N) is 2. The molecule has 0 radical (unpaired) electrons. The molecule has 0 unspecified atom stereocenters. The normalized spacial score (nSPS) is 13.8. The zero-order valence-corrected chi connectivity index (χ0v) is 18.4. The summed E-state index contributed by atoms with van der Waals surface area (Å²) in [5.41, 5.74) is 2.84. The van der Waals surface area contributed by atoms with Crippen molar-refractivity contribution in [3.63, 3.8) is 0 Å². The maximum Gasteiger partial charge on any atom is 0.257 e. The molecular weight excluding hydrogens is 434 g/mol. The Morgan fingerprint density at radius 3 is 2.75 bits per heavy atom. The van der Waals surface area contributed by atoms with Gasteiger partial charge < -0.3 is 14.8 Å². The third kappa shape index (κ3) is 4.39. The van der Waals surface area contributed by atoms with Crippen molar-refractivity contribution in [1.29, 1.82) is 5.41 Å². The van der Waals surface area contributed by atoms with Gasteiger partial charge in [-0.2, -0.15) is 5.10 Å². The van der Waals surface area contributed by atoms with E-state index in [-0.39, 0.29) is 16.8 Å². The number of aromatic nitrogens is 2. The summed E-state index contributed by atoms with van der Waals surface area (Å²) in [5, 5.41) is 23.8. The first kappa shape index (κ1) is 21.7. The molecular formula is C22H22ClN5O4. The number of ether oxygens (including phenoxy) is 2. The van der Waals surface area contributed by atoms with Gasteiger partial charge in [0.25, 0.3) is 5.91 Å². The highest BCUT2D eigenvalue weighted by atomic mass is 35.5. The Labute approximate surface area is 189 Å². The fraction of sp³-hybridized carbons (Fsp3) is 0.227. The van der Waals surface area contributed by atoms with E-state index < -0.39 is 5.60 Å². The van der Waals surface area contributed by atoms with E-state index in [0.717, 1.165) is 5.56 Å². The molecule has 1 aliphatic heterocycles. The van der Waals surface area contributed by atoms with Gasteiger partial charge in [-0.25, -0.2) is 0 Å². The third-order valence-electron chi connectivity index (χ3n) is 4.92. The molecule has 0 saturated heterocycles. The van der Waals surface area contributed by atoms with E-state index in [0.29, 0.717) is 40.6 Å². The molecule has 10 heteroatoms. The highest BCUT2D eigenvalue weighted by molar-refractivity contribution is 6.34. The maximum atomic E-state index is 12.8. The first-order chi connectivity index (χ1) is 15.1. The average molecular weight is 456 g/mol. The van der Waals surface area contributed by atoms with E-state index in [1.807, 2.05) is 13.8 Å². The predicted molar refractivity (Wildman–Crippen MR) is 119 cm³/mol. The second kappa shape index (κ2) is 8.18. The molecule has 0 aliphatic carbocycles. The monoisotopic (exact) mass is 455 g/mol. The predicted octanol–water partition coefficient (Wildman–Crippen LogP) is 4.14. The fourth-order valence-electron chi connectivity index (χ4n) is 3.49. The minimum Gasteiger partial charge on any atom is -0.487 e. The summed E-state index contributed by atoms with van der Waals surface area (Å²) in [6.45, 7) is 3.92. The van der Waals surface area contributed by atoms with Crippen LogP contribution in [0, 0.1) is 5.41 Å². The molecule has 2 heterocycles. The topological polar surface area (TPSA) is 121 Å². The zero-order chi connectivity index (χ0) is 23.0. The van der Waals surface area contributed by atoms with Crippen LogP contribution < -0.4 is 20.3 Å². The Morgan fingerprint density at radius 2 is 2.09 bits per heavy atom. The molecule has 0 atom stereocenters. The van der Waals surface area contributed by atoms with Gasteiger partial charge >= 0.3 is 0 Å². The van der Waals surface area contributed by atoms with Crippen molar-refractivity contribution in [3.8, 4) is 17.2 Å². The summed E-state index contributed by atoms with van der Waals surface area (Å²) in [4.78, 5) is 12.8. The number of hydrogen-bond donors (Lipinski definition) is 4. The van der Waals surface area contributed by atoms with Crippen molar-refractivity contribution < 1.29 is 19.5 Å². The van der Waals surface area contributed by atoms with Crippen LogP contribution in [0.25, 0.3) is 0 Å². The highest BCUT2D eigenvalue weighted by Crippen LogP contribution is 2.43. The van der Waals surface area contributed by atoms with Crippen LogP contribution >= 0.6 is 11.6 Å². The lowest BCUT2D eigenvalue weighted by molar-refractivity contribution is 0.102. The van der Waals surface area contributed by atoms with Crippen LogP contribution in [0.15, 0.2) is 42.6 Å². The van der Waals surface area contributed by atoms with Crippen molar-refractivity contribution in [1.82, 2.24) is 15.3 Å². The zero-order valence-electron chi connectivity index (χ0n) is 17.7. The molecule has 0 saturated carbocycles. The lowest BCUT2D eigenvalue weighted by Gasteiger charge is -2.16. The van der Waals surface area contributed by atoms with Crippen molar-refractivity contribution >= 4 is 29.2 Å². The van der Waals surface area contributed by atoms with Crippen molar-refractivity contribution in [2.45, 2.75) is 25.9 Å².